The van der Waals surface area contributed by atoms with E-state index in [9.17, 15) is 34.8 Å². The summed E-state index contributed by atoms with van der Waals surface area (Å²) in [6.45, 7) is 13.6. The highest BCUT2D eigenvalue weighted by molar-refractivity contribution is 6.06. The minimum Gasteiger partial charge on any atom is -0.393 e. The Bertz CT molecular complexity index is 2140. The third kappa shape index (κ3) is 5.82. The van der Waals surface area contributed by atoms with Gasteiger partial charge in [0.1, 0.15) is 23.6 Å². The van der Waals surface area contributed by atoms with E-state index in [1.165, 1.54) is 16.7 Å². The average molecular weight is 808 g/mol. The van der Waals surface area contributed by atoms with Crippen molar-refractivity contribution >= 4 is 29.1 Å². The number of hydrogen-bond donors (Lipinski definition) is 4. The lowest BCUT2D eigenvalue weighted by Crippen LogP contribution is -2.62. The summed E-state index contributed by atoms with van der Waals surface area (Å²) in [5.41, 5.74) is 3.80. The van der Waals surface area contributed by atoms with E-state index in [0.717, 1.165) is 49.9 Å². The number of ketones is 3. The number of aliphatic imine (C=N–C) groups is 1. The highest BCUT2D eigenvalue weighted by Gasteiger charge is 2.70. The average Bonchev–Trinajstić information content (AvgIpc) is 3.78. The number of hydrogen-bond acceptors (Lipinski definition) is 9. The number of allylic oxidation sites excluding steroid dienone is 6. The predicted molar refractivity (Wildman–Crippen MR) is 226 cm³/mol. The zero-order valence-electron chi connectivity index (χ0n) is 36.1. The van der Waals surface area contributed by atoms with Gasteiger partial charge in [0.15, 0.2) is 11.6 Å². The summed E-state index contributed by atoms with van der Waals surface area (Å²) in [5.74, 6) is 0.638. The van der Waals surface area contributed by atoms with Gasteiger partial charge in [-0.1, -0.05) is 58.4 Å². The van der Waals surface area contributed by atoms with Crippen molar-refractivity contribution in [1.29, 1.82) is 0 Å². The summed E-state index contributed by atoms with van der Waals surface area (Å²) in [5, 5.41) is 48.6. The van der Waals surface area contributed by atoms with Crippen molar-refractivity contribution in [3.8, 4) is 0 Å². The maximum atomic E-state index is 13.4. The van der Waals surface area contributed by atoms with Gasteiger partial charge in [0.05, 0.1) is 17.5 Å². The Morgan fingerprint density at radius 1 is 1.02 bits per heavy atom. The first-order valence-electron chi connectivity index (χ1n) is 22.0. The lowest BCUT2D eigenvalue weighted by atomic mass is 9.44. The van der Waals surface area contributed by atoms with Gasteiger partial charge in [-0.3, -0.25) is 24.1 Å². The molecular weight excluding hydrogens is 743 g/mol. The molecule has 318 valence electrons. The molecule has 59 heavy (non-hydrogen) atoms. The first kappa shape index (κ1) is 42.2. The fourth-order valence-electron chi connectivity index (χ4n) is 15.3. The van der Waals surface area contributed by atoms with Crippen molar-refractivity contribution in [3.63, 3.8) is 0 Å². The molecule has 0 aliphatic heterocycles. The molecule has 8 aliphatic carbocycles. The second kappa shape index (κ2) is 14.3. The molecular formula is C49H65N3O7. The van der Waals surface area contributed by atoms with E-state index in [-0.39, 0.29) is 70.7 Å². The van der Waals surface area contributed by atoms with E-state index < -0.39 is 40.5 Å². The fraction of sp³-hybridized carbons (Fsp3) is 0.673. The zero-order chi connectivity index (χ0) is 42.7. The lowest BCUT2D eigenvalue weighted by molar-refractivity contribution is -0.181. The zero-order valence-corrected chi connectivity index (χ0v) is 36.1. The monoisotopic (exact) mass is 807 g/mol. The molecule has 10 heteroatoms. The molecule has 0 unspecified atom stereocenters. The van der Waals surface area contributed by atoms with Gasteiger partial charge in [-0.2, -0.15) is 5.10 Å². The molecule has 0 spiro atoms. The van der Waals surface area contributed by atoms with Crippen LogP contribution in [-0.2, 0) is 27.9 Å². The SMILES string of the molecule is C=C=CCC(=O)[C@@]1(O)CC[C@H]2[C@@H]3C[C@H](C)C4=Cc5nn(C)cc5C[C@]4(C)[C@H]3[C@@H](O)C[C@@]21C.CN=C1C=C[C@@]2(C)C(=C1)CC[C@@H]1[C@@H]2C(=O)C[C@@]2(C)[C@H]1CC[C@]2(O)C(=O)CO. The summed E-state index contributed by atoms with van der Waals surface area (Å²) in [4.78, 5) is 43.2. The van der Waals surface area contributed by atoms with Crippen LogP contribution in [0.15, 0.2) is 58.9 Å². The van der Waals surface area contributed by atoms with Crippen LogP contribution in [0.3, 0.4) is 0 Å². The van der Waals surface area contributed by atoms with Crippen molar-refractivity contribution in [1.82, 2.24) is 9.78 Å². The number of aromatic nitrogens is 2. The summed E-state index contributed by atoms with van der Waals surface area (Å²) in [6.07, 6.45) is 18.6. The number of carbonyl (C=O) groups is 3. The van der Waals surface area contributed by atoms with E-state index >= 15 is 0 Å². The third-order valence-corrected chi connectivity index (χ3v) is 18.1. The Balaban J connectivity index is 0.000000167. The molecule has 14 atom stereocenters. The van der Waals surface area contributed by atoms with Crippen LogP contribution in [0.5, 0.6) is 0 Å². The first-order valence-corrected chi connectivity index (χ1v) is 22.0. The van der Waals surface area contributed by atoms with Gasteiger partial charge >= 0.3 is 0 Å². The summed E-state index contributed by atoms with van der Waals surface area (Å²) in [7, 11) is 3.74. The van der Waals surface area contributed by atoms with Gasteiger partial charge in [0.25, 0.3) is 0 Å². The van der Waals surface area contributed by atoms with Crippen molar-refractivity contribution in [2.75, 3.05) is 13.7 Å². The van der Waals surface area contributed by atoms with E-state index in [2.05, 4.69) is 74.5 Å². The quantitative estimate of drug-likeness (QED) is 0.259. The first-order chi connectivity index (χ1) is 27.8. The van der Waals surface area contributed by atoms with Gasteiger partial charge < -0.3 is 20.4 Å². The Morgan fingerprint density at radius 2 is 1.69 bits per heavy atom. The van der Waals surface area contributed by atoms with Crippen LogP contribution in [0.1, 0.15) is 110 Å². The highest BCUT2D eigenvalue weighted by Crippen LogP contribution is 2.69. The molecule has 1 aromatic rings. The standard InChI is InChI=1S/C27H36N2O3.C22H29NO4/c1-6-7-8-23(31)27(32)10-9-19-18-11-16(2)20-12-21-17(15-29(5)28-21)13-25(20,3)24(18)22(30)14-26(19,27)4;1-20-8-6-14(23-3)10-13(20)4-5-15-16-7-9-22(27,18(26)12-24)21(16,2)11-17(25)19(15)20/h7,12,15-16,18-19,22,24,30,32H,1,8-11,13-14H2,2-5H3;6,8,10,15-16,19,24,27H,4-5,7,9,11-12H2,1-3H3/t16-,18-,19-,22-,24+,25-,26-,27-;15-,16-,19+,20-,21-,22-/m00/s1. The Kier molecular flexibility index (Phi) is 10.2. The molecule has 1 heterocycles. The van der Waals surface area contributed by atoms with Gasteiger partial charge in [-0.05, 0) is 129 Å². The van der Waals surface area contributed by atoms with Gasteiger partial charge in [0.2, 0.25) is 0 Å². The largest absolute Gasteiger partial charge is 0.393 e. The maximum absolute atomic E-state index is 13.4. The molecule has 0 radical (unpaired) electrons. The second-order valence-corrected chi connectivity index (χ2v) is 20.7. The van der Waals surface area contributed by atoms with Crippen LogP contribution in [0, 0.1) is 63.1 Å². The van der Waals surface area contributed by atoms with Crippen LogP contribution in [0.25, 0.3) is 6.08 Å². The van der Waals surface area contributed by atoms with Crippen molar-refractivity contribution in [3.05, 3.63) is 65.2 Å². The molecule has 9 rings (SSSR count). The molecule has 6 fully saturated rings. The summed E-state index contributed by atoms with van der Waals surface area (Å²) < 4.78 is 1.89. The highest BCUT2D eigenvalue weighted by atomic mass is 16.3. The molecule has 0 saturated heterocycles. The van der Waals surface area contributed by atoms with Crippen LogP contribution in [-0.4, -0.2) is 84.2 Å². The number of Topliss-reactive ketones (excluding diaryl/α,β-unsaturated/α-hetero) is 3. The molecule has 0 amide bonds. The Morgan fingerprint density at radius 3 is 2.36 bits per heavy atom. The number of aliphatic hydroxyl groups excluding tert-OH is 2. The van der Waals surface area contributed by atoms with Gasteiger partial charge in [-0.25, -0.2) is 0 Å². The molecule has 0 bridgehead atoms. The van der Waals surface area contributed by atoms with Gasteiger partial charge in [0, 0.05) is 55.3 Å². The predicted octanol–water partition coefficient (Wildman–Crippen LogP) is 6.12. The summed E-state index contributed by atoms with van der Waals surface area (Å²) in [6, 6.07) is 0. The minimum absolute atomic E-state index is 0.114. The Hall–Kier alpha value is -3.53. The molecule has 1 aromatic heterocycles. The van der Waals surface area contributed by atoms with E-state index in [4.69, 9.17) is 0 Å². The number of aryl methyl sites for hydroxylation is 1. The van der Waals surface area contributed by atoms with Crippen LogP contribution in [0.4, 0.5) is 0 Å². The van der Waals surface area contributed by atoms with E-state index in [1.807, 2.05) is 24.7 Å². The molecule has 10 nitrogen and oxygen atoms in total. The number of aliphatic hydroxyl groups is 4. The third-order valence-electron chi connectivity index (χ3n) is 18.1. The van der Waals surface area contributed by atoms with Crippen LogP contribution >= 0.6 is 0 Å². The second-order valence-electron chi connectivity index (χ2n) is 20.7. The number of rotatable bonds is 5. The Labute approximate surface area is 349 Å². The summed E-state index contributed by atoms with van der Waals surface area (Å²) >= 11 is 0. The number of fused-ring (bicyclic) bond motifs is 11. The number of nitrogens with zero attached hydrogens (tertiary/aromatic N) is 3. The smallest absolute Gasteiger partial charge is 0.190 e. The molecule has 6 saturated carbocycles. The number of carbonyl (C=O) groups excluding carboxylic acids is 3. The molecule has 0 aromatic carbocycles. The van der Waals surface area contributed by atoms with E-state index in [0.29, 0.717) is 25.2 Å². The molecule has 4 N–H and O–H groups in total. The van der Waals surface area contributed by atoms with E-state index in [1.54, 1.807) is 13.1 Å². The van der Waals surface area contributed by atoms with Crippen molar-refractivity contribution in [2.45, 2.75) is 123 Å². The fourth-order valence-corrected chi connectivity index (χ4v) is 15.3. The van der Waals surface area contributed by atoms with Crippen LogP contribution < -0.4 is 0 Å². The van der Waals surface area contributed by atoms with Crippen LogP contribution in [0.2, 0.25) is 0 Å². The van der Waals surface area contributed by atoms with Crippen molar-refractivity contribution < 1.29 is 34.8 Å². The molecule has 8 aliphatic rings. The minimum atomic E-state index is -1.59. The lowest BCUT2D eigenvalue weighted by Gasteiger charge is -2.61. The van der Waals surface area contributed by atoms with Crippen molar-refractivity contribution in [2.24, 2.45) is 75.1 Å². The normalized spacial score (nSPS) is 45.7. The van der Waals surface area contributed by atoms with Gasteiger partial charge in [-0.15, -0.1) is 5.73 Å². The topological polar surface area (TPSA) is 162 Å². The maximum Gasteiger partial charge on any atom is 0.190 e.